The van der Waals surface area contributed by atoms with E-state index in [1.807, 2.05) is 6.07 Å². The molecule has 0 spiro atoms. The molecule has 1 amide bonds. The predicted octanol–water partition coefficient (Wildman–Crippen LogP) is 3.71. The van der Waals surface area contributed by atoms with E-state index in [1.54, 1.807) is 35.6 Å². The van der Waals surface area contributed by atoms with Crippen LogP contribution in [0.15, 0.2) is 34.2 Å². The summed E-state index contributed by atoms with van der Waals surface area (Å²) in [6, 6.07) is 8.78. The van der Waals surface area contributed by atoms with Crippen LogP contribution in [0.3, 0.4) is 0 Å². The molecule has 0 fully saturated rings. The molecule has 2 N–H and O–H groups in total. The van der Waals surface area contributed by atoms with Crippen LogP contribution < -0.4 is 10.9 Å². The van der Waals surface area contributed by atoms with Gasteiger partial charge in [-0.3, -0.25) is 9.59 Å². The summed E-state index contributed by atoms with van der Waals surface area (Å²) in [6.07, 6.45) is 3.03. The van der Waals surface area contributed by atoms with Gasteiger partial charge >= 0.3 is 0 Å². The van der Waals surface area contributed by atoms with E-state index in [2.05, 4.69) is 22.2 Å². The van der Waals surface area contributed by atoms with Gasteiger partial charge in [-0.05, 0) is 48.9 Å². The van der Waals surface area contributed by atoms with Gasteiger partial charge in [0.15, 0.2) is 5.16 Å². The largest absolute Gasteiger partial charge is 0.325 e. The topological polar surface area (TPSA) is 98.6 Å². The fourth-order valence-corrected chi connectivity index (χ4v) is 5.50. The van der Waals surface area contributed by atoms with Crippen molar-refractivity contribution in [2.45, 2.75) is 31.3 Å². The van der Waals surface area contributed by atoms with Crippen molar-refractivity contribution < 1.29 is 4.79 Å². The lowest BCUT2D eigenvalue weighted by Crippen LogP contribution is -2.16. The van der Waals surface area contributed by atoms with Crippen molar-refractivity contribution in [1.82, 2.24) is 9.97 Å². The molecule has 4 rings (SSSR count). The average molecular weight is 411 g/mol. The average Bonchev–Trinajstić information content (AvgIpc) is 3.04. The number of thiophene rings is 1. The number of benzene rings is 1. The Morgan fingerprint density at radius 3 is 3.18 bits per heavy atom. The molecule has 0 unspecified atom stereocenters. The Morgan fingerprint density at radius 2 is 2.36 bits per heavy atom. The molecular weight excluding hydrogens is 392 g/mol. The zero-order valence-electron chi connectivity index (χ0n) is 15.2. The first-order valence-electron chi connectivity index (χ1n) is 9.01. The molecule has 142 valence electrons. The van der Waals surface area contributed by atoms with Gasteiger partial charge in [-0.2, -0.15) is 5.26 Å². The summed E-state index contributed by atoms with van der Waals surface area (Å²) in [7, 11) is 0. The predicted molar refractivity (Wildman–Crippen MR) is 112 cm³/mol. The molecule has 2 aromatic heterocycles. The fraction of sp³-hybridized carbons (Fsp3) is 0.300. The molecule has 8 heteroatoms. The van der Waals surface area contributed by atoms with Crippen LogP contribution in [0.5, 0.6) is 0 Å². The normalized spacial score (nSPS) is 15.8. The van der Waals surface area contributed by atoms with Gasteiger partial charge in [0.05, 0.1) is 22.8 Å². The third-order valence-corrected chi connectivity index (χ3v) is 6.78. The van der Waals surface area contributed by atoms with Crippen LogP contribution in [-0.2, 0) is 17.6 Å². The zero-order chi connectivity index (χ0) is 19.7. The number of aryl methyl sites for hydroxylation is 1. The number of thioether (sulfide) groups is 1. The van der Waals surface area contributed by atoms with Crippen molar-refractivity contribution >= 4 is 44.9 Å². The number of amides is 1. The van der Waals surface area contributed by atoms with Gasteiger partial charge in [0.25, 0.3) is 5.56 Å². The zero-order valence-corrected chi connectivity index (χ0v) is 16.9. The van der Waals surface area contributed by atoms with E-state index in [4.69, 9.17) is 5.26 Å². The second-order valence-electron chi connectivity index (χ2n) is 6.93. The summed E-state index contributed by atoms with van der Waals surface area (Å²) in [5.74, 6) is 0.534. The summed E-state index contributed by atoms with van der Waals surface area (Å²) in [6.45, 7) is 2.23. The highest BCUT2D eigenvalue weighted by atomic mass is 32.2. The number of fused-ring (bicyclic) bond motifs is 3. The third-order valence-electron chi connectivity index (χ3n) is 4.76. The monoisotopic (exact) mass is 410 g/mol. The molecule has 2 heterocycles. The molecular formula is C20H18N4O2S2. The van der Waals surface area contributed by atoms with Gasteiger partial charge in [-0.15, -0.1) is 11.3 Å². The quantitative estimate of drug-likeness (QED) is 0.505. The van der Waals surface area contributed by atoms with Gasteiger partial charge in [0.2, 0.25) is 5.91 Å². The number of nitriles is 1. The van der Waals surface area contributed by atoms with Crippen molar-refractivity contribution in [3.63, 3.8) is 0 Å². The highest BCUT2D eigenvalue weighted by Gasteiger charge is 2.23. The highest BCUT2D eigenvalue weighted by molar-refractivity contribution is 7.99. The molecule has 1 atom stereocenters. The maximum absolute atomic E-state index is 12.6. The Bertz CT molecular complexity index is 1160. The molecule has 0 radical (unpaired) electrons. The van der Waals surface area contributed by atoms with Crippen LogP contribution in [0.1, 0.15) is 29.3 Å². The first kappa shape index (κ1) is 18.7. The first-order chi connectivity index (χ1) is 13.5. The second-order valence-corrected chi connectivity index (χ2v) is 8.98. The van der Waals surface area contributed by atoms with Crippen molar-refractivity contribution in [3.05, 3.63) is 50.6 Å². The number of rotatable bonds is 4. The number of aromatic amines is 1. The van der Waals surface area contributed by atoms with Crippen LogP contribution in [0.4, 0.5) is 5.69 Å². The van der Waals surface area contributed by atoms with Crippen LogP contribution in [-0.4, -0.2) is 21.6 Å². The maximum atomic E-state index is 12.6. The molecule has 0 saturated heterocycles. The molecule has 0 aliphatic heterocycles. The number of hydrogen-bond acceptors (Lipinski definition) is 6. The maximum Gasteiger partial charge on any atom is 0.260 e. The Balaban J connectivity index is 1.48. The highest BCUT2D eigenvalue weighted by Crippen LogP contribution is 2.36. The van der Waals surface area contributed by atoms with E-state index in [-0.39, 0.29) is 17.2 Å². The van der Waals surface area contributed by atoms with E-state index in [1.165, 1.54) is 16.6 Å². The summed E-state index contributed by atoms with van der Waals surface area (Å²) in [4.78, 5) is 34.2. The van der Waals surface area contributed by atoms with E-state index in [9.17, 15) is 9.59 Å². The number of hydrogen-bond donors (Lipinski definition) is 2. The first-order valence-corrected chi connectivity index (χ1v) is 10.8. The lowest BCUT2D eigenvalue weighted by Gasteiger charge is -2.17. The number of nitrogens with one attached hydrogen (secondary N) is 2. The van der Waals surface area contributed by atoms with Crippen molar-refractivity contribution in [3.8, 4) is 6.07 Å². The molecule has 0 saturated carbocycles. The van der Waals surface area contributed by atoms with Gasteiger partial charge in [-0.25, -0.2) is 4.98 Å². The summed E-state index contributed by atoms with van der Waals surface area (Å²) in [5.41, 5.74) is 2.08. The standard InChI is InChI=1S/C20H18N4O2S2/c1-11-5-6-14-15(7-11)28-19-17(14)18(26)23-20(24-19)27-10-16(25)22-13-4-2-3-12(8-13)9-21/h2-4,8,11H,5-7,10H2,1H3,(H,22,25)(H,23,24,26)/t11-/m0/s1. The molecule has 0 bridgehead atoms. The smallest absolute Gasteiger partial charge is 0.260 e. The van der Waals surface area contributed by atoms with E-state index in [0.717, 1.165) is 29.7 Å². The summed E-state index contributed by atoms with van der Waals surface area (Å²) in [5, 5.41) is 12.8. The summed E-state index contributed by atoms with van der Waals surface area (Å²) < 4.78 is 0. The van der Waals surface area contributed by atoms with E-state index < -0.39 is 0 Å². The SMILES string of the molecule is C[C@H]1CCc2c(sc3nc(SCC(=O)Nc4cccc(C#N)c4)[nH]c(=O)c23)C1. The summed E-state index contributed by atoms with van der Waals surface area (Å²) >= 11 is 2.79. The lowest BCUT2D eigenvalue weighted by atomic mass is 9.89. The molecule has 28 heavy (non-hydrogen) atoms. The van der Waals surface area contributed by atoms with Gasteiger partial charge in [0, 0.05) is 10.6 Å². The van der Waals surface area contributed by atoms with Gasteiger partial charge in [0.1, 0.15) is 4.83 Å². The number of aromatic nitrogens is 2. The van der Waals surface area contributed by atoms with Crippen LogP contribution in [0, 0.1) is 17.2 Å². The molecule has 1 aliphatic rings. The van der Waals surface area contributed by atoms with Crippen LogP contribution in [0.25, 0.3) is 10.2 Å². The van der Waals surface area contributed by atoms with Crippen LogP contribution >= 0.6 is 23.1 Å². The molecule has 3 aromatic rings. The number of anilines is 1. The third kappa shape index (κ3) is 3.81. The molecule has 6 nitrogen and oxygen atoms in total. The van der Waals surface area contributed by atoms with Crippen molar-refractivity contribution in [2.75, 3.05) is 11.1 Å². The Morgan fingerprint density at radius 1 is 1.50 bits per heavy atom. The lowest BCUT2D eigenvalue weighted by molar-refractivity contribution is -0.113. The molecule has 1 aromatic carbocycles. The number of carbonyl (C=O) groups excluding carboxylic acids is 1. The molecule has 1 aliphatic carbocycles. The number of H-pyrrole nitrogens is 1. The minimum Gasteiger partial charge on any atom is -0.325 e. The van der Waals surface area contributed by atoms with Crippen molar-refractivity contribution in [1.29, 1.82) is 5.26 Å². The van der Waals surface area contributed by atoms with Gasteiger partial charge in [-0.1, -0.05) is 24.8 Å². The number of nitrogens with zero attached hydrogens (tertiary/aromatic N) is 2. The van der Waals surface area contributed by atoms with E-state index >= 15 is 0 Å². The van der Waals surface area contributed by atoms with Crippen molar-refractivity contribution in [2.24, 2.45) is 5.92 Å². The fourth-order valence-electron chi connectivity index (χ4n) is 3.39. The Kier molecular flexibility index (Phi) is 5.20. The Labute approximate surface area is 170 Å². The number of carbonyl (C=O) groups is 1. The van der Waals surface area contributed by atoms with E-state index in [0.29, 0.717) is 27.7 Å². The minimum atomic E-state index is -0.220. The Hall–Kier alpha value is -2.63. The minimum absolute atomic E-state index is 0.118. The van der Waals surface area contributed by atoms with Gasteiger partial charge < -0.3 is 10.3 Å². The van der Waals surface area contributed by atoms with Crippen LogP contribution in [0.2, 0.25) is 0 Å². The second kappa shape index (κ2) is 7.78.